The number of carboxylic acid groups (broad SMARTS) is 1. The minimum absolute atomic E-state index is 0.0784. The molecule has 214 valence electrons. The number of ether oxygens (including phenoxy) is 1. The van der Waals surface area contributed by atoms with E-state index in [1.807, 2.05) is 54.6 Å². The lowest BCUT2D eigenvalue weighted by Crippen LogP contribution is -2.54. The lowest BCUT2D eigenvalue weighted by molar-refractivity contribution is -0.384. The van der Waals surface area contributed by atoms with E-state index in [2.05, 4.69) is 5.32 Å². The highest BCUT2D eigenvalue weighted by Gasteiger charge is 2.46. The molecule has 0 aliphatic rings. The molecule has 0 fully saturated rings. The van der Waals surface area contributed by atoms with Crippen molar-refractivity contribution in [3.05, 3.63) is 148 Å². The predicted molar refractivity (Wildman–Crippen MR) is 156 cm³/mol. The number of nitrogens with zero attached hydrogens (tertiary/aromatic N) is 1. The van der Waals surface area contributed by atoms with E-state index < -0.39 is 40.1 Å². The number of nitro groups is 1. The maximum Gasteiger partial charge on any atom is 0.326 e. The standard InChI is InChI=1S/C33H30N2O7/c1-2-42-29(36)22-28(23-18-20-27(21-19-23)35(40)41)30(31(37)38)34-32(39)33(24-12-6-3-7-13-24,25-14-8-4-9-15-25)26-16-10-5-11-17-26/h3-21,28,30H,2,22H2,1H3,(H,34,39)(H,37,38)/t28-,30+/m0/s1. The molecular weight excluding hydrogens is 536 g/mol. The van der Waals surface area contributed by atoms with Crippen LogP contribution in [0.25, 0.3) is 0 Å². The van der Waals surface area contributed by atoms with Crippen molar-refractivity contribution in [1.82, 2.24) is 5.32 Å². The zero-order valence-electron chi connectivity index (χ0n) is 22.9. The highest BCUT2D eigenvalue weighted by Crippen LogP contribution is 2.40. The van der Waals surface area contributed by atoms with Crippen molar-refractivity contribution in [2.24, 2.45) is 0 Å². The summed E-state index contributed by atoms with van der Waals surface area (Å²) < 4.78 is 5.11. The molecule has 0 bridgehead atoms. The molecule has 4 aromatic rings. The number of nitrogens with one attached hydrogen (secondary N) is 1. The summed E-state index contributed by atoms with van der Waals surface area (Å²) in [5.74, 6) is -3.75. The van der Waals surface area contributed by atoms with Gasteiger partial charge in [0.15, 0.2) is 0 Å². The molecule has 4 aromatic carbocycles. The molecule has 2 N–H and O–H groups in total. The number of amides is 1. The number of esters is 1. The van der Waals surface area contributed by atoms with Crippen LogP contribution in [0.15, 0.2) is 115 Å². The van der Waals surface area contributed by atoms with Gasteiger partial charge in [-0.1, -0.05) is 103 Å². The van der Waals surface area contributed by atoms with E-state index in [1.165, 1.54) is 24.3 Å². The highest BCUT2D eigenvalue weighted by atomic mass is 16.6. The Kier molecular flexibility index (Phi) is 9.44. The minimum atomic E-state index is -1.58. The Balaban J connectivity index is 1.87. The van der Waals surface area contributed by atoms with Gasteiger partial charge in [0.2, 0.25) is 5.91 Å². The third-order valence-corrected chi connectivity index (χ3v) is 7.14. The topological polar surface area (TPSA) is 136 Å². The summed E-state index contributed by atoms with van der Waals surface area (Å²) in [5, 5.41) is 24.4. The predicted octanol–water partition coefficient (Wildman–Crippen LogP) is 5.24. The lowest BCUT2D eigenvalue weighted by atomic mass is 9.68. The maximum atomic E-state index is 14.7. The summed E-state index contributed by atoms with van der Waals surface area (Å²) >= 11 is 0. The second kappa shape index (κ2) is 13.4. The molecule has 0 unspecified atom stereocenters. The van der Waals surface area contributed by atoms with Gasteiger partial charge in [-0.15, -0.1) is 0 Å². The summed E-state index contributed by atoms with van der Waals surface area (Å²) in [6.45, 7) is 1.71. The third kappa shape index (κ3) is 6.20. The molecule has 0 spiro atoms. The van der Waals surface area contributed by atoms with Gasteiger partial charge in [0.1, 0.15) is 11.5 Å². The minimum Gasteiger partial charge on any atom is -0.480 e. The monoisotopic (exact) mass is 566 g/mol. The van der Waals surface area contributed by atoms with E-state index in [4.69, 9.17) is 4.74 Å². The molecule has 4 rings (SSSR count). The molecule has 0 saturated heterocycles. The first-order valence-corrected chi connectivity index (χ1v) is 13.4. The van der Waals surface area contributed by atoms with Gasteiger partial charge in [-0.3, -0.25) is 19.7 Å². The Morgan fingerprint density at radius 1 is 0.810 bits per heavy atom. The van der Waals surface area contributed by atoms with Gasteiger partial charge < -0.3 is 15.2 Å². The number of carbonyl (C=O) groups excluding carboxylic acids is 2. The van der Waals surface area contributed by atoms with E-state index in [0.29, 0.717) is 22.3 Å². The number of nitro benzene ring substituents is 1. The number of benzene rings is 4. The quantitative estimate of drug-likeness (QED) is 0.104. The van der Waals surface area contributed by atoms with Crippen LogP contribution in [0.3, 0.4) is 0 Å². The zero-order valence-corrected chi connectivity index (χ0v) is 22.9. The van der Waals surface area contributed by atoms with Crippen molar-refractivity contribution in [3.63, 3.8) is 0 Å². The maximum absolute atomic E-state index is 14.7. The van der Waals surface area contributed by atoms with Crippen LogP contribution in [0.1, 0.15) is 41.5 Å². The Hall–Kier alpha value is -5.31. The first-order valence-electron chi connectivity index (χ1n) is 13.4. The lowest BCUT2D eigenvalue weighted by Gasteiger charge is -2.36. The van der Waals surface area contributed by atoms with Crippen molar-refractivity contribution < 1.29 is 29.2 Å². The number of aliphatic carboxylic acids is 1. The number of rotatable bonds is 12. The fourth-order valence-corrected chi connectivity index (χ4v) is 5.21. The van der Waals surface area contributed by atoms with Crippen LogP contribution >= 0.6 is 0 Å². The molecule has 2 atom stereocenters. The average Bonchev–Trinajstić information content (AvgIpc) is 3.01. The summed E-state index contributed by atoms with van der Waals surface area (Å²) in [6, 6.07) is 30.8. The number of carboxylic acids is 1. The first-order chi connectivity index (χ1) is 20.3. The summed E-state index contributed by atoms with van der Waals surface area (Å²) in [4.78, 5) is 50.8. The molecule has 42 heavy (non-hydrogen) atoms. The van der Waals surface area contributed by atoms with Crippen LogP contribution in [0.2, 0.25) is 0 Å². The third-order valence-electron chi connectivity index (χ3n) is 7.14. The molecular formula is C33H30N2O7. The molecule has 0 aliphatic carbocycles. The Morgan fingerprint density at radius 2 is 1.26 bits per heavy atom. The Labute approximate surface area is 242 Å². The fourth-order valence-electron chi connectivity index (χ4n) is 5.21. The van der Waals surface area contributed by atoms with Crippen LogP contribution in [0, 0.1) is 10.1 Å². The largest absolute Gasteiger partial charge is 0.480 e. The number of non-ortho nitro benzene ring substituents is 1. The Bertz CT molecular complexity index is 1430. The van der Waals surface area contributed by atoms with Gasteiger partial charge in [-0.05, 0) is 29.2 Å². The van der Waals surface area contributed by atoms with Crippen molar-refractivity contribution >= 4 is 23.5 Å². The van der Waals surface area contributed by atoms with E-state index in [1.54, 1.807) is 43.3 Å². The number of carbonyl (C=O) groups is 3. The Morgan fingerprint density at radius 3 is 1.64 bits per heavy atom. The van der Waals surface area contributed by atoms with Crippen LogP contribution in [-0.2, 0) is 24.5 Å². The van der Waals surface area contributed by atoms with E-state index >= 15 is 0 Å². The molecule has 0 aliphatic heterocycles. The van der Waals surface area contributed by atoms with E-state index in [0.717, 1.165) is 0 Å². The van der Waals surface area contributed by atoms with Crippen molar-refractivity contribution in [1.29, 1.82) is 0 Å². The van der Waals surface area contributed by atoms with Gasteiger partial charge in [0, 0.05) is 18.1 Å². The molecule has 0 saturated carbocycles. The van der Waals surface area contributed by atoms with E-state index in [-0.39, 0.29) is 18.7 Å². The number of hydrogen-bond acceptors (Lipinski definition) is 6. The normalized spacial score (nSPS) is 12.5. The summed E-state index contributed by atoms with van der Waals surface area (Å²) in [7, 11) is 0. The molecule has 0 radical (unpaired) electrons. The van der Waals surface area contributed by atoms with Gasteiger partial charge >= 0.3 is 11.9 Å². The zero-order chi connectivity index (χ0) is 30.1. The molecule has 9 nitrogen and oxygen atoms in total. The number of hydrogen-bond donors (Lipinski definition) is 2. The van der Waals surface area contributed by atoms with Crippen LogP contribution in [-0.4, -0.2) is 40.5 Å². The second-order valence-electron chi connectivity index (χ2n) is 9.60. The van der Waals surface area contributed by atoms with Gasteiger partial charge in [-0.2, -0.15) is 0 Å². The molecule has 9 heteroatoms. The average molecular weight is 567 g/mol. The van der Waals surface area contributed by atoms with Crippen LogP contribution < -0.4 is 5.32 Å². The van der Waals surface area contributed by atoms with Gasteiger partial charge in [0.05, 0.1) is 18.0 Å². The summed E-state index contributed by atoms with van der Waals surface area (Å²) in [5.41, 5.74) is 0.511. The molecule has 0 heterocycles. The second-order valence-corrected chi connectivity index (χ2v) is 9.60. The fraction of sp³-hybridized carbons (Fsp3) is 0.182. The van der Waals surface area contributed by atoms with Gasteiger partial charge in [0.25, 0.3) is 5.69 Å². The first kappa shape index (κ1) is 29.7. The smallest absolute Gasteiger partial charge is 0.326 e. The van der Waals surface area contributed by atoms with Crippen molar-refractivity contribution in [3.8, 4) is 0 Å². The van der Waals surface area contributed by atoms with Crippen LogP contribution in [0.4, 0.5) is 5.69 Å². The SMILES string of the molecule is CCOC(=O)C[C@@H](c1ccc([N+](=O)[O-])cc1)[C@@H](NC(=O)C(c1ccccc1)(c1ccccc1)c1ccccc1)C(=O)O. The van der Waals surface area contributed by atoms with Crippen LogP contribution in [0.5, 0.6) is 0 Å². The highest BCUT2D eigenvalue weighted by molar-refractivity contribution is 5.98. The molecule has 0 aromatic heterocycles. The molecule has 1 amide bonds. The van der Waals surface area contributed by atoms with E-state index in [9.17, 15) is 29.6 Å². The van der Waals surface area contributed by atoms with Crippen molar-refractivity contribution in [2.75, 3.05) is 6.61 Å². The van der Waals surface area contributed by atoms with Crippen molar-refractivity contribution in [2.45, 2.75) is 30.7 Å². The summed E-state index contributed by atoms with van der Waals surface area (Å²) in [6.07, 6.45) is -0.377. The van der Waals surface area contributed by atoms with Gasteiger partial charge in [-0.25, -0.2) is 4.79 Å².